The Labute approximate surface area is 182 Å². The van der Waals surface area contributed by atoms with Crippen LogP contribution in [0.1, 0.15) is 41.3 Å². The van der Waals surface area contributed by atoms with Crippen molar-refractivity contribution in [2.24, 2.45) is 4.99 Å². The fraction of sp³-hybridized carbons (Fsp3) is 0.292. The second-order valence-corrected chi connectivity index (χ2v) is 7.59. The molecule has 0 saturated carbocycles. The summed E-state index contributed by atoms with van der Waals surface area (Å²) in [6.07, 6.45) is 7.00. The summed E-state index contributed by atoms with van der Waals surface area (Å²) in [4.78, 5) is 20.7. The third-order valence-electron chi connectivity index (χ3n) is 5.16. The van der Waals surface area contributed by atoms with Crippen LogP contribution in [0, 0.1) is 0 Å². The Morgan fingerprint density at radius 3 is 2.67 bits per heavy atom. The zero-order valence-corrected chi connectivity index (χ0v) is 18.1. The third kappa shape index (κ3) is 5.43. The van der Waals surface area contributed by atoms with Gasteiger partial charge in [0.2, 0.25) is 0 Å². The van der Waals surface area contributed by atoms with Gasteiger partial charge in [-0.2, -0.15) is 0 Å². The fourth-order valence-electron chi connectivity index (χ4n) is 3.51. The van der Waals surface area contributed by atoms with Gasteiger partial charge in [-0.05, 0) is 61.5 Å². The molecular formula is C24H27ClN4O. The van der Waals surface area contributed by atoms with Crippen molar-refractivity contribution in [2.45, 2.75) is 32.2 Å². The van der Waals surface area contributed by atoms with E-state index < -0.39 is 0 Å². The number of nitrogens with one attached hydrogen (secondary N) is 2. The lowest BCUT2D eigenvalue weighted by molar-refractivity contribution is 0.112. The van der Waals surface area contributed by atoms with E-state index in [0.717, 1.165) is 53.3 Å². The number of hydrogen-bond donors (Lipinski definition) is 2. The zero-order chi connectivity index (χ0) is 21.3. The van der Waals surface area contributed by atoms with Crippen molar-refractivity contribution in [3.8, 4) is 0 Å². The van der Waals surface area contributed by atoms with Crippen molar-refractivity contribution < 1.29 is 4.79 Å². The van der Waals surface area contributed by atoms with Gasteiger partial charge in [0.15, 0.2) is 6.29 Å². The Kier molecular flexibility index (Phi) is 7.94. The largest absolute Gasteiger partial charge is 0.346 e. The summed E-state index contributed by atoms with van der Waals surface area (Å²) in [5.41, 5.74) is 3.50. The Morgan fingerprint density at radius 2 is 2.00 bits per heavy atom. The molecule has 30 heavy (non-hydrogen) atoms. The molecule has 6 heteroatoms. The summed E-state index contributed by atoms with van der Waals surface area (Å²) in [6, 6.07) is 14.0. The molecule has 0 saturated heterocycles. The molecule has 0 spiro atoms. The molecule has 1 atom stereocenters. The molecule has 1 unspecified atom stereocenters. The first-order valence-corrected chi connectivity index (χ1v) is 10.6. The Hall–Kier alpha value is -2.76. The van der Waals surface area contributed by atoms with E-state index in [0.29, 0.717) is 17.1 Å². The molecule has 3 rings (SSSR count). The van der Waals surface area contributed by atoms with Gasteiger partial charge in [-0.1, -0.05) is 48.9 Å². The van der Waals surface area contributed by atoms with E-state index in [2.05, 4.69) is 33.6 Å². The van der Waals surface area contributed by atoms with Gasteiger partial charge in [0, 0.05) is 17.1 Å². The van der Waals surface area contributed by atoms with E-state index in [1.165, 1.54) is 0 Å². The topological polar surface area (TPSA) is 66.4 Å². The van der Waals surface area contributed by atoms with Gasteiger partial charge < -0.3 is 10.6 Å². The number of carbonyl (C=O) groups is 1. The normalized spacial score (nSPS) is 12.4. The quantitative estimate of drug-likeness (QED) is 0.206. The fourth-order valence-corrected chi connectivity index (χ4v) is 3.62. The first kappa shape index (κ1) is 21.9. The number of pyridine rings is 1. The number of hydrogen-bond acceptors (Lipinski definition) is 4. The van der Waals surface area contributed by atoms with E-state index in [1.54, 1.807) is 18.6 Å². The summed E-state index contributed by atoms with van der Waals surface area (Å²) in [7, 11) is 1.94. The van der Waals surface area contributed by atoms with Crippen LogP contribution in [-0.2, 0) is 6.42 Å². The number of aldehydes is 1. The van der Waals surface area contributed by atoms with Crippen molar-refractivity contribution in [3.63, 3.8) is 0 Å². The van der Waals surface area contributed by atoms with E-state index in [9.17, 15) is 4.79 Å². The van der Waals surface area contributed by atoms with Crippen LogP contribution in [0.15, 0.2) is 53.7 Å². The van der Waals surface area contributed by atoms with Crippen LogP contribution in [0.2, 0.25) is 5.15 Å². The monoisotopic (exact) mass is 422 g/mol. The predicted molar refractivity (Wildman–Crippen MR) is 126 cm³/mol. The Morgan fingerprint density at radius 1 is 1.20 bits per heavy atom. The van der Waals surface area contributed by atoms with Crippen LogP contribution in [0.5, 0.6) is 0 Å². The average Bonchev–Trinajstić information content (AvgIpc) is 2.78. The Balaban J connectivity index is 1.93. The van der Waals surface area contributed by atoms with Crippen molar-refractivity contribution in [2.75, 3.05) is 18.9 Å². The highest BCUT2D eigenvalue weighted by Gasteiger charge is 2.12. The maximum atomic E-state index is 11.9. The number of fused-ring (bicyclic) bond motifs is 1. The first-order valence-electron chi connectivity index (χ1n) is 10.2. The number of carbonyl (C=O) groups excluding carboxylic acids is 1. The Bertz CT molecular complexity index is 1020. The van der Waals surface area contributed by atoms with Gasteiger partial charge in [-0.3, -0.25) is 9.79 Å². The number of aromatic nitrogens is 1. The number of aliphatic imine (C=N–C) groups is 1. The average molecular weight is 423 g/mol. The molecule has 0 aliphatic heterocycles. The molecule has 156 valence electrons. The highest BCUT2D eigenvalue weighted by molar-refractivity contribution is 6.29. The molecule has 0 bridgehead atoms. The summed E-state index contributed by atoms with van der Waals surface area (Å²) >= 11 is 5.91. The molecule has 0 fully saturated rings. The summed E-state index contributed by atoms with van der Waals surface area (Å²) in [6.45, 7) is 3.05. The minimum atomic E-state index is 0.243. The molecule has 0 radical (unpaired) electrons. The molecule has 1 aromatic heterocycles. The van der Waals surface area contributed by atoms with E-state index >= 15 is 0 Å². The maximum Gasteiger partial charge on any atom is 0.152 e. The molecule has 2 N–H and O–H groups in total. The number of benzene rings is 2. The predicted octanol–water partition coefficient (Wildman–Crippen LogP) is 5.12. The standard InChI is InChI=1S/C24H27ClN4O/c1-3-20(10-11-26-2)28-16-29-24-19(15-30)13-18(21-6-4-5-7-22(21)24)12-17-8-9-23(25)27-14-17/h4-9,13-16,20,26H,3,10-12H2,1-2H3,(H,28,29). The van der Waals surface area contributed by atoms with Gasteiger partial charge in [-0.15, -0.1) is 0 Å². The van der Waals surface area contributed by atoms with Crippen molar-refractivity contribution in [3.05, 3.63) is 70.5 Å². The molecule has 0 aliphatic carbocycles. The van der Waals surface area contributed by atoms with Crippen LogP contribution in [-0.4, -0.2) is 37.2 Å². The summed E-state index contributed by atoms with van der Waals surface area (Å²) in [5.74, 6) is 0. The smallest absolute Gasteiger partial charge is 0.152 e. The van der Waals surface area contributed by atoms with E-state index in [-0.39, 0.29) is 6.04 Å². The molecule has 0 aliphatic rings. The number of rotatable bonds is 10. The van der Waals surface area contributed by atoms with Crippen molar-refractivity contribution in [1.29, 1.82) is 0 Å². The van der Waals surface area contributed by atoms with Crippen LogP contribution >= 0.6 is 11.6 Å². The summed E-state index contributed by atoms with van der Waals surface area (Å²) < 4.78 is 0. The third-order valence-corrected chi connectivity index (χ3v) is 5.39. The van der Waals surface area contributed by atoms with E-state index in [1.807, 2.05) is 37.4 Å². The number of anilines is 1. The first-order chi connectivity index (χ1) is 14.7. The highest BCUT2D eigenvalue weighted by Crippen LogP contribution is 2.31. The minimum Gasteiger partial charge on any atom is -0.346 e. The van der Waals surface area contributed by atoms with Gasteiger partial charge >= 0.3 is 0 Å². The lowest BCUT2D eigenvalue weighted by Gasteiger charge is -2.15. The molecule has 0 amide bonds. The van der Waals surface area contributed by atoms with Crippen LogP contribution in [0.3, 0.4) is 0 Å². The second-order valence-electron chi connectivity index (χ2n) is 7.21. The van der Waals surface area contributed by atoms with Crippen molar-refractivity contribution in [1.82, 2.24) is 10.3 Å². The number of halogens is 1. The van der Waals surface area contributed by atoms with Gasteiger partial charge in [0.1, 0.15) is 5.15 Å². The van der Waals surface area contributed by atoms with Crippen LogP contribution in [0.4, 0.5) is 5.69 Å². The molecule has 5 nitrogen and oxygen atoms in total. The molecule has 3 aromatic rings. The lowest BCUT2D eigenvalue weighted by Crippen LogP contribution is -2.16. The second kappa shape index (κ2) is 10.9. The maximum absolute atomic E-state index is 11.9. The minimum absolute atomic E-state index is 0.243. The molecule has 2 aromatic carbocycles. The van der Waals surface area contributed by atoms with Gasteiger partial charge in [0.25, 0.3) is 0 Å². The van der Waals surface area contributed by atoms with Gasteiger partial charge in [0.05, 0.1) is 18.1 Å². The summed E-state index contributed by atoms with van der Waals surface area (Å²) in [5, 5.41) is 8.99. The molecular weight excluding hydrogens is 396 g/mol. The molecule has 1 heterocycles. The lowest BCUT2D eigenvalue weighted by atomic mass is 9.95. The van der Waals surface area contributed by atoms with E-state index in [4.69, 9.17) is 11.6 Å². The highest BCUT2D eigenvalue weighted by atomic mass is 35.5. The van der Waals surface area contributed by atoms with Crippen molar-refractivity contribution >= 4 is 40.7 Å². The van der Waals surface area contributed by atoms with Crippen LogP contribution < -0.4 is 10.6 Å². The zero-order valence-electron chi connectivity index (χ0n) is 17.4. The van der Waals surface area contributed by atoms with Crippen LogP contribution in [0.25, 0.3) is 10.8 Å². The number of nitrogens with zero attached hydrogens (tertiary/aromatic N) is 2. The SMILES string of the molecule is CCC(CCNC)N=CNc1c(C=O)cc(Cc2ccc(Cl)nc2)c2ccccc12. The van der Waals surface area contributed by atoms with Gasteiger partial charge in [-0.25, -0.2) is 4.98 Å².